The maximum Gasteiger partial charge on any atom is 0.273 e. The largest absolute Gasteiger partial charge is 0.496 e. The summed E-state index contributed by atoms with van der Waals surface area (Å²) in [7, 11) is 1.08. The van der Waals surface area contributed by atoms with Gasteiger partial charge in [0, 0.05) is 12.1 Å². The number of rotatable bonds is 5. The van der Waals surface area contributed by atoms with E-state index in [0.29, 0.717) is 11.5 Å². The van der Waals surface area contributed by atoms with Gasteiger partial charge < -0.3 is 14.2 Å². The smallest absolute Gasteiger partial charge is 0.273 e. The average Bonchev–Trinajstić information content (AvgIpc) is 2.97. The van der Waals surface area contributed by atoms with Crippen LogP contribution in [0.15, 0.2) is 12.1 Å². The van der Waals surface area contributed by atoms with Crippen molar-refractivity contribution in [1.29, 1.82) is 0 Å². The van der Waals surface area contributed by atoms with Crippen molar-refractivity contribution < 1.29 is 32.2 Å². The van der Waals surface area contributed by atoms with E-state index in [0.717, 1.165) is 0 Å². The van der Waals surface area contributed by atoms with Crippen LogP contribution in [0.5, 0.6) is 17.2 Å². The molecule has 1 aromatic carbocycles. The summed E-state index contributed by atoms with van der Waals surface area (Å²) in [6, 6.07) is 2.90. The molecule has 0 radical (unpaired) electrons. The molecule has 1 aliphatic heterocycles. The van der Waals surface area contributed by atoms with Crippen LogP contribution in [0.2, 0.25) is 0 Å². The first-order valence-corrected chi connectivity index (χ1v) is 9.24. The summed E-state index contributed by atoms with van der Waals surface area (Å²) in [6.45, 7) is 0. The molecule has 1 saturated heterocycles. The Morgan fingerprint density at radius 1 is 1.00 bits per heavy atom. The summed E-state index contributed by atoms with van der Waals surface area (Å²) in [5, 5.41) is 0. The predicted octanol–water partition coefficient (Wildman–Crippen LogP) is -0.0919. The number of hydrazine groups is 1. The van der Waals surface area contributed by atoms with Crippen LogP contribution in [-0.2, 0) is 14.6 Å². The Balaban J connectivity index is 2.09. The average molecular weight is 372 g/mol. The highest BCUT2D eigenvalue weighted by Gasteiger charge is 2.33. The molecule has 2 rings (SSSR count). The SMILES string of the molecule is COc1cc(OC)c(C(=O)NNC(=O)[C@@H]2CCS(=O)(=O)C2)cc1OC. The number of carbonyl (C=O) groups is 2. The Hall–Kier alpha value is -2.49. The van der Waals surface area contributed by atoms with Crippen LogP contribution in [0.25, 0.3) is 0 Å². The molecule has 1 atom stereocenters. The lowest BCUT2D eigenvalue weighted by Crippen LogP contribution is -2.45. The van der Waals surface area contributed by atoms with Crippen molar-refractivity contribution >= 4 is 21.7 Å². The van der Waals surface area contributed by atoms with Crippen LogP contribution in [0.4, 0.5) is 0 Å². The van der Waals surface area contributed by atoms with Crippen LogP contribution in [-0.4, -0.2) is 53.1 Å². The van der Waals surface area contributed by atoms with Gasteiger partial charge >= 0.3 is 0 Å². The zero-order valence-corrected chi connectivity index (χ0v) is 14.9. The number of hydrogen-bond acceptors (Lipinski definition) is 7. The summed E-state index contributed by atoms with van der Waals surface area (Å²) >= 11 is 0. The summed E-state index contributed by atoms with van der Waals surface area (Å²) in [5.74, 6) is -1.15. The van der Waals surface area contributed by atoms with Crippen LogP contribution in [0.3, 0.4) is 0 Å². The lowest BCUT2D eigenvalue weighted by molar-refractivity contribution is -0.125. The maximum absolute atomic E-state index is 12.3. The van der Waals surface area contributed by atoms with Gasteiger partial charge in [-0.2, -0.15) is 0 Å². The van der Waals surface area contributed by atoms with Crippen molar-refractivity contribution in [3.05, 3.63) is 17.7 Å². The topological polar surface area (TPSA) is 120 Å². The molecular formula is C15H20N2O7S. The van der Waals surface area contributed by atoms with Crippen LogP contribution in [0, 0.1) is 5.92 Å². The lowest BCUT2D eigenvalue weighted by Gasteiger charge is -2.15. The first-order chi connectivity index (χ1) is 11.8. The molecular weight excluding hydrogens is 352 g/mol. The van der Waals surface area contributed by atoms with E-state index in [2.05, 4.69) is 10.9 Å². The number of benzene rings is 1. The van der Waals surface area contributed by atoms with Gasteiger partial charge in [0.2, 0.25) is 5.91 Å². The van der Waals surface area contributed by atoms with Gasteiger partial charge in [-0.1, -0.05) is 0 Å². The molecule has 0 spiro atoms. The summed E-state index contributed by atoms with van der Waals surface area (Å²) in [4.78, 5) is 24.3. The fraction of sp³-hybridized carbons (Fsp3) is 0.467. The van der Waals surface area contributed by atoms with Crippen LogP contribution in [0.1, 0.15) is 16.8 Å². The fourth-order valence-corrected chi connectivity index (χ4v) is 4.24. The highest BCUT2D eigenvalue weighted by molar-refractivity contribution is 7.91. The number of ether oxygens (including phenoxy) is 3. The molecule has 2 amide bonds. The number of hydrogen-bond donors (Lipinski definition) is 2. The van der Waals surface area contributed by atoms with Gasteiger partial charge in [-0.25, -0.2) is 8.42 Å². The minimum atomic E-state index is -3.18. The summed E-state index contributed by atoms with van der Waals surface area (Å²) < 4.78 is 38.3. The minimum absolute atomic E-state index is 0.0253. The van der Waals surface area contributed by atoms with Crippen molar-refractivity contribution in [2.75, 3.05) is 32.8 Å². The zero-order valence-electron chi connectivity index (χ0n) is 14.1. The molecule has 1 aliphatic rings. The second kappa shape index (κ2) is 7.60. The van der Waals surface area contributed by atoms with Crippen molar-refractivity contribution in [3.63, 3.8) is 0 Å². The number of carbonyl (C=O) groups excluding carboxylic acids is 2. The molecule has 0 aliphatic carbocycles. The Morgan fingerprint density at radius 3 is 2.12 bits per heavy atom. The summed E-state index contributed by atoms with van der Waals surface area (Å²) in [5.41, 5.74) is 4.63. The molecule has 10 heteroatoms. The van der Waals surface area contributed by atoms with Gasteiger partial charge in [-0.3, -0.25) is 20.4 Å². The van der Waals surface area contributed by atoms with Crippen LogP contribution >= 0.6 is 0 Å². The number of sulfone groups is 1. The van der Waals surface area contributed by atoms with Gasteiger partial charge in [0.1, 0.15) is 5.75 Å². The third-order valence-corrected chi connectivity index (χ3v) is 5.62. The lowest BCUT2D eigenvalue weighted by atomic mass is 10.1. The first kappa shape index (κ1) is 18.8. The number of methoxy groups -OCH3 is 3. The molecule has 1 aromatic rings. The molecule has 0 saturated carbocycles. The van der Waals surface area contributed by atoms with Crippen LogP contribution < -0.4 is 25.1 Å². The Bertz CT molecular complexity index is 776. The standard InChI is InChI=1S/C15H20N2O7S/c1-22-11-7-13(24-3)12(23-2)6-10(11)15(19)17-16-14(18)9-4-5-25(20,21)8-9/h6-7,9H,4-5,8H2,1-3H3,(H,16,18)(H,17,19)/t9-/m1/s1. The normalized spacial score (nSPS) is 18.3. The van der Waals surface area contributed by atoms with Crippen molar-refractivity contribution in [3.8, 4) is 17.2 Å². The Morgan fingerprint density at radius 2 is 1.60 bits per heavy atom. The number of nitrogens with one attached hydrogen (secondary N) is 2. The van der Waals surface area contributed by atoms with E-state index in [1.807, 2.05) is 0 Å². The molecule has 1 heterocycles. The zero-order chi connectivity index (χ0) is 18.6. The molecule has 138 valence electrons. The predicted molar refractivity (Wildman–Crippen MR) is 88.5 cm³/mol. The number of amides is 2. The highest BCUT2D eigenvalue weighted by atomic mass is 32.2. The van der Waals surface area contributed by atoms with E-state index in [4.69, 9.17) is 14.2 Å². The fourth-order valence-electron chi connectivity index (χ4n) is 2.50. The maximum atomic E-state index is 12.3. The summed E-state index contributed by atoms with van der Waals surface area (Å²) in [6.07, 6.45) is 0.240. The van der Waals surface area contributed by atoms with E-state index in [1.54, 1.807) is 0 Å². The molecule has 0 unspecified atom stereocenters. The van der Waals surface area contributed by atoms with Crippen molar-refractivity contribution in [1.82, 2.24) is 10.9 Å². The van der Waals surface area contributed by atoms with Gasteiger partial charge in [0.05, 0.1) is 44.3 Å². The third-order valence-electron chi connectivity index (χ3n) is 3.85. The van der Waals surface area contributed by atoms with Crippen molar-refractivity contribution in [2.24, 2.45) is 5.92 Å². The van der Waals surface area contributed by atoms with E-state index >= 15 is 0 Å². The highest BCUT2D eigenvalue weighted by Crippen LogP contribution is 2.34. The molecule has 0 bridgehead atoms. The van der Waals surface area contributed by atoms with Gasteiger partial charge in [-0.05, 0) is 6.42 Å². The van der Waals surface area contributed by atoms with E-state index < -0.39 is 27.6 Å². The molecule has 2 N–H and O–H groups in total. The second-order valence-electron chi connectivity index (χ2n) is 5.45. The molecule has 0 aromatic heterocycles. The van der Waals surface area contributed by atoms with Gasteiger partial charge in [0.25, 0.3) is 5.91 Å². The minimum Gasteiger partial charge on any atom is -0.496 e. The van der Waals surface area contributed by atoms with Crippen molar-refractivity contribution in [2.45, 2.75) is 6.42 Å². The molecule has 9 nitrogen and oxygen atoms in total. The molecule has 25 heavy (non-hydrogen) atoms. The van der Waals surface area contributed by atoms with Gasteiger partial charge in [-0.15, -0.1) is 0 Å². The monoisotopic (exact) mass is 372 g/mol. The van der Waals surface area contributed by atoms with E-state index in [-0.39, 0.29) is 29.2 Å². The second-order valence-corrected chi connectivity index (χ2v) is 7.68. The Kier molecular flexibility index (Phi) is 5.73. The molecule has 1 fully saturated rings. The third kappa shape index (κ3) is 4.32. The van der Waals surface area contributed by atoms with Gasteiger partial charge in [0.15, 0.2) is 21.3 Å². The van der Waals surface area contributed by atoms with E-state index in [9.17, 15) is 18.0 Å². The quantitative estimate of drug-likeness (QED) is 0.693. The Labute approximate surface area is 145 Å². The first-order valence-electron chi connectivity index (χ1n) is 7.42. The van der Waals surface area contributed by atoms with E-state index in [1.165, 1.54) is 33.5 Å².